The van der Waals surface area contributed by atoms with E-state index in [-0.39, 0.29) is 11.8 Å². The summed E-state index contributed by atoms with van der Waals surface area (Å²) in [4.78, 5) is 12.0. The first kappa shape index (κ1) is 21.0. The van der Waals surface area contributed by atoms with Crippen molar-refractivity contribution in [1.29, 1.82) is 0 Å². The van der Waals surface area contributed by atoms with Gasteiger partial charge in [-0.1, -0.05) is 84.9 Å². The highest BCUT2D eigenvalue weighted by atomic mass is 31.2. The fraction of sp³-hybridized carbons (Fsp3) is 0.0741. The van der Waals surface area contributed by atoms with Crippen LogP contribution in [-0.2, 0) is 4.57 Å². The van der Waals surface area contributed by atoms with Crippen LogP contribution >= 0.6 is 7.29 Å². The Kier molecular flexibility index (Phi) is 6.27. The summed E-state index contributed by atoms with van der Waals surface area (Å²) < 4.78 is 14.6. The van der Waals surface area contributed by atoms with Crippen molar-refractivity contribution in [2.45, 2.75) is 13.0 Å². The van der Waals surface area contributed by atoms with Gasteiger partial charge in [0.2, 0.25) is 7.29 Å². The maximum absolute atomic E-state index is 14.6. The number of benzene rings is 4. The first-order valence-corrected chi connectivity index (χ1v) is 11.9. The van der Waals surface area contributed by atoms with Gasteiger partial charge in [-0.15, -0.1) is 0 Å². The molecular weight excluding hydrogens is 401 g/mol. The van der Waals surface area contributed by atoms with Gasteiger partial charge in [0.05, 0.1) is 6.04 Å². The molecule has 3 nitrogen and oxygen atoms in total. The van der Waals surface area contributed by atoms with Crippen molar-refractivity contribution in [1.82, 2.24) is 5.09 Å². The second kappa shape index (κ2) is 9.26. The zero-order chi connectivity index (χ0) is 21.7. The average Bonchev–Trinajstić information content (AvgIpc) is 2.84. The molecular formula is C27H24NO2P. The molecule has 154 valence electrons. The molecule has 31 heavy (non-hydrogen) atoms. The monoisotopic (exact) mass is 425 g/mol. The summed E-state index contributed by atoms with van der Waals surface area (Å²) in [6.45, 7) is 1.56. The van der Waals surface area contributed by atoms with Crippen LogP contribution in [0.3, 0.4) is 0 Å². The summed E-state index contributed by atoms with van der Waals surface area (Å²) in [5.41, 5.74) is 2.51. The molecule has 0 saturated heterocycles. The number of hydrogen-bond donors (Lipinski definition) is 1. The molecule has 1 unspecified atom stereocenters. The highest BCUT2D eigenvalue weighted by Crippen LogP contribution is 2.43. The van der Waals surface area contributed by atoms with Gasteiger partial charge in [-0.2, -0.15) is 0 Å². The minimum Gasteiger partial charge on any atom is -0.296 e. The van der Waals surface area contributed by atoms with Crippen molar-refractivity contribution in [3.63, 3.8) is 0 Å². The van der Waals surface area contributed by atoms with Crippen LogP contribution in [0, 0.1) is 0 Å². The van der Waals surface area contributed by atoms with Crippen molar-refractivity contribution < 1.29 is 9.36 Å². The summed E-state index contributed by atoms with van der Waals surface area (Å²) in [5, 5.41) is 4.99. The zero-order valence-electron chi connectivity index (χ0n) is 17.3. The topological polar surface area (TPSA) is 46.2 Å². The molecule has 4 aromatic rings. The van der Waals surface area contributed by atoms with E-state index >= 15 is 0 Å². The van der Waals surface area contributed by atoms with Gasteiger partial charge in [-0.3, -0.25) is 9.36 Å². The lowest BCUT2D eigenvalue weighted by atomic mass is 9.97. The fourth-order valence-corrected chi connectivity index (χ4v) is 6.12. The van der Waals surface area contributed by atoms with Crippen LogP contribution in [0.15, 0.2) is 115 Å². The van der Waals surface area contributed by atoms with Crippen molar-refractivity contribution in [2.24, 2.45) is 0 Å². The standard InChI is InChI=1S/C27H24NO2P/c1-21(29)23-14-11-15-24(20-23)27(22-12-5-2-6-13-22)28-31(30,25-16-7-3-8-17-25)26-18-9-4-10-19-26/h2-20,27H,1H3,(H,28,30). The van der Waals surface area contributed by atoms with E-state index in [4.69, 9.17) is 0 Å². The van der Waals surface area contributed by atoms with Gasteiger partial charge in [0.25, 0.3) is 0 Å². The van der Waals surface area contributed by atoms with Crippen molar-refractivity contribution in [3.05, 3.63) is 132 Å². The predicted molar refractivity (Wildman–Crippen MR) is 128 cm³/mol. The normalized spacial score (nSPS) is 12.3. The Labute approximate surface area is 183 Å². The van der Waals surface area contributed by atoms with Gasteiger partial charge in [0.15, 0.2) is 5.78 Å². The van der Waals surface area contributed by atoms with E-state index in [2.05, 4.69) is 5.09 Å². The summed E-state index contributed by atoms with van der Waals surface area (Å²) in [6, 6.07) is 36.1. The highest BCUT2D eigenvalue weighted by molar-refractivity contribution is 7.76. The van der Waals surface area contributed by atoms with Crippen molar-refractivity contribution in [2.75, 3.05) is 0 Å². The number of hydrogen-bond acceptors (Lipinski definition) is 2. The third-order valence-electron chi connectivity index (χ3n) is 5.31. The first-order valence-electron chi connectivity index (χ1n) is 10.2. The third kappa shape index (κ3) is 4.59. The Morgan fingerprint density at radius 2 is 1.16 bits per heavy atom. The predicted octanol–water partition coefficient (Wildman–Crippen LogP) is 5.50. The lowest BCUT2D eigenvalue weighted by molar-refractivity contribution is 0.101. The lowest BCUT2D eigenvalue weighted by Crippen LogP contribution is -2.31. The number of rotatable bonds is 7. The second-order valence-corrected chi connectivity index (χ2v) is 9.94. The SMILES string of the molecule is CC(=O)c1cccc(C(NP(=O)(c2ccccc2)c2ccccc2)c2ccccc2)c1. The molecule has 0 radical (unpaired) electrons. The molecule has 0 amide bonds. The van der Waals surface area contributed by atoms with E-state index in [1.165, 1.54) is 0 Å². The van der Waals surface area contributed by atoms with Gasteiger partial charge >= 0.3 is 0 Å². The summed E-state index contributed by atoms with van der Waals surface area (Å²) in [7, 11) is -3.18. The summed E-state index contributed by atoms with van der Waals surface area (Å²) >= 11 is 0. The summed E-state index contributed by atoms with van der Waals surface area (Å²) in [6.07, 6.45) is 0. The van der Waals surface area contributed by atoms with Gasteiger partial charge in [-0.05, 0) is 48.4 Å². The lowest BCUT2D eigenvalue weighted by Gasteiger charge is -2.28. The molecule has 0 fully saturated rings. The van der Waals surface area contributed by atoms with Crippen molar-refractivity contribution >= 4 is 23.7 Å². The van der Waals surface area contributed by atoms with Crippen molar-refractivity contribution in [3.8, 4) is 0 Å². The van der Waals surface area contributed by atoms with E-state index in [1.54, 1.807) is 6.92 Å². The van der Waals surface area contributed by atoms with Crippen LogP contribution in [0.1, 0.15) is 34.5 Å². The van der Waals surface area contributed by atoms with E-state index in [0.29, 0.717) is 5.56 Å². The second-order valence-electron chi connectivity index (χ2n) is 7.43. The zero-order valence-corrected chi connectivity index (χ0v) is 18.2. The van der Waals surface area contributed by atoms with Crippen LogP contribution in [0.4, 0.5) is 0 Å². The largest absolute Gasteiger partial charge is 0.296 e. The van der Waals surface area contributed by atoms with Gasteiger partial charge in [0, 0.05) is 16.2 Å². The third-order valence-corrected chi connectivity index (χ3v) is 7.98. The minimum atomic E-state index is -3.18. The van der Waals surface area contributed by atoms with Gasteiger partial charge < -0.3 is 0 Å². The van der Waals surface area contributed by atoms with Crippen LogP contribution in [0.5, 0.6) is 0 Å². The Bertz CT molecular complexity index is 1160. The Morgan fingerprint density at radius 3 is 1.68 bits per heavy atom. The molecule has 0 aromatic heterocycles. The number of carbonyl (C=O) groups is 1. The van der Waals surface area contributed by atoms with E-state index in [0.717, 1.165) is 21.7 Å². The smallest absolute Gasteiger partial charge is 0.205 e. The molecule has 4 rings (SSSR count). The Morgan fingerprint density at radius 1 is 0.677 bits per heavy atom. The maximum atomic E-state index is 14.6. The molecule has 1 N–H and O–H groups in total. The van der Waals surface area contributed by atoms with Gasteiger partial charge in [-0.25, -0.2) is 5.09 Å². The highest BCUT2D eigenvalue weighted by Gasteiger charge is 2.31. The molecule has 1 atom stereocenters. The van der Waals surface area contributed by atoms with Crippen LogP contribution in [-0.4, -0.2) is 5.78 Å². The molecule has 0 bridgehead atoms. The molecule has 4 heteroatoms. The Balaban J connectivity index is 1.87. The molecule has 0 heterocycles. The number of Topliss-reactive ketones (excluding diaryl/α,β-unsaturated/α-hetero) is 1. The molecule has 0 saturated carbocycles. The molecule has 0 aliphatic rings. The van der Waals surface area contributed by atoms with Gasteiger partial charge in [0.1, 0.15) is 0 Å². The quantitative estimate of drug-likeness (QED) is 0.314. The van der Waals surface area contributed by atoms with E-state index in [9.17, 15) is 9.36 Å². The van der Waals surface area contributed by atoms with E-state index < -0.39 is 7.29 Å². The number of ketones is 1. The molecule has 0 aliphatic heterocycles. The number of nitrogens with one attached hydrogen (secondary N) is 1. The molecule has 0 aliphatic carbocycles. The van der Waals surface area contributed by atoms with Crippen LogP contribution in [0.25, 0.3) is 0 Å². The number of carbonyl (C=O) groups excluding carboxylic acids is 1. The van der Waals surface area contributed by atoms with E-state index in [1.807, 2.05) is 115 Å². The maximum Gasteiger partial charge on any atom is 0.205 e. The average molecular weight is 425 g/mol. The molecule has 0 spiro atoms. The molecule has 4 aromatic carbocycles. The van der Waals surface area contributed by atoms with Crippen LogP contribution in [0.2, 0.25) is 0 Å². The van der Waals surface area contributed by atoms with Crippen LogP contribution < -0.4 is 15.7 Å². The first-order chi connectivity index (χ1) is 15.1. The fourth-order valence-electron chi connectivity index (χ4n) is 3.68. The Hall–Kier alpha value is -3.26. The minimum absolute atomic E-state index is 0.00274. The summed E-state index contributed by atoms with van der Waals surface area (Å²) in [5.74, 6) is 0.00274.